The summed E-state index contributed by atoms with van der Waals surface area (Å²) in [5.41, 5.74) is 0.812. The number of nitrogens with zero attached hydrogens (tertiary/aromatic N) is 5. The number of fused-ring (bicyclic) bond motifs is 2. The molecule has 1 aliphatic heterocycles. The molecule has 3 atom stereocenters. The van der Waals surface area contributed by atoms with Crippen LogP contribution in [0.1, 0.15) is 32.4 Å². The first kappa shape index (κ1) is 26.6. The lowest BCUT2D eigenvalue weighted by molar-refractivity contribution is -0.136. The molecular formula is C27H35N5O5. The Morgan fingerprint density at radius 3 is 2.84 bits per heavy atom. The van der Waals surface area contributed by atoms with Gasteiger partial charge in [0.1, 0.15) is 5.75 Å². The fourth-order valence-corrected chi connectivity index (χ4v) is 4.50. The quantitative estimate of drug-likeness (QED) is 0.563. The van der Waals surface area contributed by atoms with Crippen LogP contribution in [0.5, 0.6) is 5.75 Å². The van der Waals surface area contributed by atoms with Crippen LogP contribution in [0.4, 0.5) is 4.79 Å². The lowest BCUT2D eigenvalue weighted by Crippen LogP contribution is -2.48. The second-order valence-electron chi connectivity index (χ2n) is 9.71. The Morgan fingerprint density at radius 1 is 1.27 bits per heavy atom. The molecule has 0 bridgehead atoms. The monoisotopic (exact) mass is 509 g/mol. The number of aromatic nitrogens is 3. The van der Waals surface area contributed by atoms with Crippen molar-refractivity contribution in [3.63, 3.8) is 0 Å². The Bertz CT molecular complexity index is 1210. The largest absolute Gasteiger partial charge is 0.415 e. The van der Waals surface area contributed by atoms with Crippen molar-refractivity contribution >= 4 is 22.8 Å². The van der Waals surface area contributed by atoms with Crippen molar-refractivity contribution in [2.45, 2.75) is 52.0 Å². The summed E-state index contributed by atoms with van der Waals surface area (Å²) in [5, 5.41) is 19.9. The molecule has 1 aliphatic rings. The van der Waals surface area contributed by atoms with E-state index in [1.807, 2.05) is 50.2 Å². The van der Waals surface area contributed by atoms with Crippen LogP contribution < -0.4 is 4.74 Å². The van der Waals surface area contributed by atoms with Crippen molar-refractivity contribution in [2.24, 2.45) is 5.92 Å². The summed E-state index contributed by atoms with van der Waals surface area (Å²) in [6.07, 6.45) is 1.72. The number of carbonyl (C=O) groups excluding carboxylic acids is 2. The zero-order valence-corrected chi connectivity index (χ0v) is 21.6. The predicted molar refractivity (Wildman–Crippen MR) is 138 cm³/mol. The van der Waals surface area contributed by atoms with E-state index >= 15 is 0 Å². The van der Waals surface area contributed by atoms with Gasteiger partial charge in [-0.05, 0) is 36.2 Å². The SMILES string of the molecule is C[C@@H]1CN([C@@H](C)CO)C(=O)CCCn2nncc2CO[C@H]1CN(C)C(=O)Oc1ccc2ccccc2c1. The van der Waals surface area contributed by atoms with E-state index in [2.05, 4.69) is 10.3 Å². The summed E-state index contributed by atoms with van der Waals surface area (Å²) in [7, 11) is 1.67. The van der Waals surface area contributed by atoms with Gasteiger partial charge in [-0.2, -0.15) is 0 Å². The summed E-state index contributed by atoms with van der Waals surface area (Å²) in [6.45, 7) is 5.16. The molecule has 1 N–H and O–H groups in total. The van der Waals surface area contributed by atoms with Crippen LogP contribution >= 0.6 is 0 Å². The van der Waals surface area contributed by atoms with Crippen molar-refractivity contribution in [1.29, 1.82) is 0 Å². The lowest BCUT2D eigenvalue weighted by atomic mass is 10.0. The van der Waals surface area contributed by atoms with Crippen LogP contribution in [-0.2, 0) is 22.7 Å². The summed E-state index contributed by atoms with van der Waals surface area (Å²) in [6, 6.07) is 13.1. The van der Waals surface area contributed by atoms with Crippen LogP contribution in [0.25, 0.3) is 10.8 Å². The van der Waals surface area contributed by atoms with E-state index in [0.29, 0.717) is 31.7 Å². The molecular weight excluding hydrogens is 474 g/mol. The second-order valence-corrected chi connectivity index (χ2v) is 9.71. The highest BCUT2D eigenvalue weighted by Gasteiger charge is 2.29. The number of amides is 2. The van der Waals surface area contributed by atoms with E-state index in [-0.39, 0.29) is 37.6 Å². The Labute approximate surface area is 216 Å². The van der Waals surface area contributed by atoms with E-state index in [4.69, 9.17) is 9.47 Å². The summed E-state index contributed by atoms with van der Waals surface area (Å²) in [5.74, 6) is 0.308. The molecule has 0 fully saturated rings. The van der Waals surface area contributed by atoms with Gasteiger partial charge in [0, 0.05) is 32.5 Å². The number of benzene rings is 2. The number of rotatable bonds is 5. The molecule has 4 rings (SSSR count). The van der Waals surface area contributed by atoms with E-state index in [1.54, 1.807) is 28.9 Å². The highest BCUT2D eigenvalue weighted by atomic mass is 16.6. The number of likely N-dealkylation sites (N-methyl/N-ethyl adjacent to an activating group) is 1. The van der Waals surface area contributed by atoms with Gasteiger partial charge < -0.3 is 24.4 Å². The second kappa shape index (κ2) is 12.2. The Hall–Kier alpha value is -3.50. The average Bonchev–Trinajstić information content (AvgIpc) is 3.35. The van der Waals surface area contributed by atoms with Gasteiger partial charge in [-0.1, -0.05) is 42.5 Å². The van der Waals surface area contributed by atoms with Gasteiger partial charge in [0.25, 0.3) is 0 Å². The molecule has 37 heavy (non-hydrogen) atoms. The van der Waals surface area contributed by atoms with Crippen LogP contribution in [0.2, 0.25) is 0 Å². The first-order valence-electron chi connectivity index (χ1n) is 12.7. The highest BCUT2D eigenvalue weighted by molar-refractivity contribution is 5.84. The van der Waals surface area contributed by atoms with Crippen LogP contribution in [0.15, 0.2) is 48.7 Å². The fourth-order valence-electron chi connectivity index (χ4n) is 4.50. The molecule has 198 valence electrons. The van der Waals surface area contributed by atoms with Gasteiger partial charge in [0.15, 0.2) is 0 Å². The minimum atomic E-state index is -0.499. The van der Waals surface area contributed by atoms with Crippen LogP contribution in [-0.4, -0.2) is 80.8 Å². The van der Waals surface area contributed by atoms with E-state index < -0.39 is 12.2 Å². The van der Waals surface area contributed by atoms with Crippen LogP contribution in [0.3, 0.4) is 0 Å². The molecule has 2 heterocycles. The average molecular weight is 510 g/mol. The summed E-state index contributed by atoms with van der Waals surface area (Å²) < 4.78 is 13.7. The Kier molecular flexibility index (Phi) is 8.73. The van der Waals surface area contributed by atoms with Crippen molar-refractivity contribution < 1.29 is 24.2 Å². The first-order chi connectivity index (χ1) is 17.9. The molecule has 10 nitrogen and oxygen atoms in total. The maximum Gasteiger partial charge on any atom is 0.415 e. The van der Waals surface area contributed by atoms with Gasteiger partial charge in [0.05, 0.1) is 43.8 Å². The van der Waals surface area contributed by atoms with Crippen LogP contribution in [0, 0.1) is 5.92 Å². The Morgan fingerprint density at radius 2 is 2.05 bits per heavy atom. The van der Waals surface area contributed by atoms with Crippen molar-refractivity contribution in [2.75, 3.05) is 26.7 Å². The normalized spacial score (nSPS) is 20.0. The molecule has 0 aliphatic carbocycles. The molecule has 0 unspecified atom stereocenters. The van der Waals surface area contributed by atoms with Crippen molar-refractivity contribution in [3.8, 4) is 5.75 Å². The number of hydrogen-bond acceptors (Lipinski definition) is 7. The van der Waals surface area contributed by atoms with Crippen molar-refractivity contribution in [3.05, 3.63) is 54.4 Å². The Balaban J connectivity index is 1.49. The summed E-state index contributed by atoms with van der Waals surface area (Å²) >= 11 is 0. The highest BCUT2D eigenvalue weighted by Crippen LogP contribution is 2.22. The number of hydrogen-bond donors (Lipinski definition) is 1. The summed E-state index contributed by atoms with van der Waals surface area (Å²) in [4.78, 5) is 29.2. The number of carbonyl (C=O) groups is 2. The van der Waals surface area contributed by atoms with Crippen molar-refractivity contribution in [1.82, 2.24) is 24.8 Å². The van der Waals surface area contributed by atoms with E-state index in [9.17, 15) is 14.7 Å². The molecule has 0 saturated heterocycles. The third-order valence-electron chi connectivity index (χ3n) is 6.83. The van der Waals surface area contributed by atoms with Gasteiger partial charge in [-0.3, -0.25) is 4.79 Å². The minimum Gasteiger partial charge on any atom is -0.410 e. The third-order valence-corrected chi connectivity index (χ3v) is 6.83. The molecule has 0 saturated carbocycles. The molecule has 2 amide bonds. The minimum absolute atomic E-state index is 0.0292. The number of ether oxygens (including phenoxy) is 2. The maximum absolute atomic E-state index is 13.0. The fraction of sp³-hybridized carbons (Fsp3) is 0.481. The molecule has 0 radical (unpaired) electrons. The predicted octanol–water partition coefficient (Wildman–Crippen LogP) is 3.09. The lowest BCUT2D eigenvalue weighted by Gasteiger charge is -2.35. The molecule has 2 aromatic carbocycles. The molecule has 3 aromatic rings. The molecule has 10 heteroatoms. The smallest absolute Gasteiger partial charge is 0.410 e. The number of aryl methyl sites for hydroxylation is 1. The topological polar surface area (TPSA) is 110 Å². The van der Waals surface area contributed by atoms with Gasteiger partial charge in [0.2, 0.25) is 5.91 Å². The third kappa shape index (κ3) is 6.64. The maximum atomic E-state index is 13.0. The zero-order chi connectivity index (χ0) is 26.4. The number of aliphatic hydroxyl groups is 1. The van der Waals surface area contributed by atoms with E-state index in [1.165, 1.54) is 4.90 Å². The number of aliphatic hydroxyl groups excluding tert-OH is 1. The van der Waals surface area contributed by atoms with Gasteiger partial charge in [-0.25, -0.2) is 9.48 Å². The molecule has 0 spiro atoms. The zero-order valence-electron chi connectivity index (χ0n) is 21.6. The van der Waals surface area contributed by atoms with E-state index in [0.717, 1.165) is 16.5 Å². The first-order valence-corrected chi connectivity index (χ1v) is 12.7. The van der Waals surface area contributed by atoms with Gasteiger partial charge >= 0.3 is 6.09 Å². The molecule has 1 aromatic heterocycles. The van der Waals surface area contributed by atoms with Gasteiger partial charge in [-0.15, -0.1) is 5.10 Å². The standard InChI is InChI=1S/C27H35N5O5/c1-19-15-31(20(2)17-33)26(34)9-6-12-32-23(14-28-29-32)18-36-25(19)16-30(3)27(35)37-24-11-10-21-7-4-5-8-22(21)13-24/h4-5,7-8,10-11,13-14,19-20,25,33H,6,9,12,15-18H2,1-3H3/t19-,20+,25+/m1/s1.